The summed E-state index contributed by atoms with van der Waals surface area (Å²) >= 11 is 0. The summed E-state index contributed by atoms with van der Waals surface area (Å²) in [6.07, 6.45) is 4.16. The topological polar surface area (TPSA) is 69.5 Å². The summed E-state index contributed by atoms with van der Waals surface area (Å²) in [5.41, 5.74) is 0. The van der Waals surface area contributed by atoms with Gasteiger partial charge in [-0.2, -0.15) is 0 Å². The lowest BCUT2D eigenvalue weighted by molar-refractivity contribution is -0.677. The summed E-state index contributed by atoms with van der Waals surface area (Å²) in [6.45, 7) is 6.18. The zero-order valence-electron chi connectivity index (χ0n) is 9.10. The maximum absolute atomic E-state index is 7.63. The Kier molecular flexibility index (Phi) is 4.76. The summed E-state index contributed by atoms with van der Waals surface area (Å²) in [5, 5.41) is 22.9. The molecule has 0 saturated heterocycles. The van der Waals surface area contributed by atoms with Crippen LogP contribution in [0.4, 0.5) is 0 Å². The lowest BCUT2D eigenvalue weighted by atomic mass is 10.6. The van der Waals surface area contributed by atoms with Crippen LogP contribution in [-0.2, 0) is 13.6 Å². The maximum atomic E-state index is 7.63. The highest BCUT2D eigenvalue weighted by Crippen LogP contribution is 1.89. The fraction of sp³-hybridized carbons (Fsp3) is 0.667. The Bertz CT molecular complexity index is 270. The fourth-order valence-corrected chi connectivity index (χ4v) is 0.933. The molecule has 5 heteroatoms. The van der Waals surface area contributed by atoms with Crippen LogP contribution < -0.4 is 4.57 Å². The van der Waals surface area contributed by atoms with Crippen LogP contribution in [0.15, 0.2) is 12.4 Å². The van der Waals surface area contributed by atoms with Gasteiger partial charge >= 0.3 is 0 Å². The Morgan fingerprint density at radius 1 is 1.43 bits per heavy atom. The van der Waals surface area contributed by atoms with Crippen molar-refractivity contribution in [2.75, 3.05) is 0 Å². The van der Waals surface area contributed by atoms with E-state index >= 15 is 0 Å². The first-order valence-electron chi connectivity index (χ1n) is 4.44. The highest BCUT2D eigenvalue weighted by atomic mass is 16.7. The molecule has 0 fully saturated rings. The van der Waals surface area contributed by atoms with Gasteiger partial charge in [0.05, 0.1) is 13.6 Å². The number of rotatable bonds is 1. The van der Waals surface area contributed by atoms with E-state index in [1.165, 1.54) is 5.82 Å². The second-order valence-corrected chi connectivity index (χ2v) is 3.21. The smallest absolute Gasteiger partial charge is 0.272 e. The largest absolute Gasteiger partial charge is 0.344 e. The summed E-state index contributed by atoms with van der Waals surface area (Å²) in [6, 6.07) is 0. The van der Waals surface area contributed by atoms with Crippen molar-refractivity contribution in [1.29, 1.82) is 0 Å². The van der Waals surface area contributed by atoms with E-state index in [0.717, 1.165) is 13.5 Å². The number of aliphatic hydroxyl groups is 3. The van der Waals surface area contributed by atoms with E-state index < -0.39 is 5.97 Å². The number of nitrogens with zero attached hydrogens (tertiary/aromatic N) is 2. The van der Waals surface area contributed by atoms with Crippen LogP contribution >= 0.6 is 0 Å². The second-order valence-electron chi connectivity index (χ2n) is 3.21. The average molecular weight is 203 g/mol. The van der Waals surface area contributed by atoms with Crippen molar-refractivity contribution < 1.29 is 19.9 Å². The van der Waals surface area contributed by atoms with Gasteiger partial charge in [0.15, 0.2) is 0 Å². The third-order valence-corrected chi connectivity index (χ3v) is 1.74. The van der Waals surface area contributed by atoms with Gasteiger partial charge in [0.1, 0.15) is 12.4 Å². The monoisotopic (exact) mass is 203 g/mol. The first-order chi connectivity index (χ1) is 6.25. The summed E-state index contributed by atoms with van der Waals surface area (Å²) in [4.78, 5) is 0. The molecule has 0 radical (unpaired) electrons. The molecule has 0 aliphatic rings. The van der Waals surface area contributed by atoms with Crippen LogP contribution in [0.3, 0.4) is 0 Å². The highest BCUT2D eigenvalue weighted by Gasteiger charge is 2.04. The predicted octanol–water partition coefficient (Wildman–Crippen LogP) is -0.722. The summed E-state index contributed by atoms with van der Waals surface area (Å²) in [7, 11) is 2.06. The quantitative estimate of drug-likeness (QED) is 0.416. The molecule has 1 heterocycles. The normalized spacial score (nSPS) is 10.8. The molecule has 0 unspecified atom stereocenters. The van der Waals surface area contributed by atoms with Gasteiger partial charge in [0.2, 0.25) is 0 Å². The second kappa shape index (κ2) is 5.09. The molecule has 0 saturated carbocycles. The maximum Gasteiger partial charge on any atom is 0.272 e. The van der Waals surface area contributed by atoms with E-state index in [-0.39, 0.29) is 0 Å². The van der Waals surface area contributed by atoms with Crippen molar-refractivity contribution >= 4 is 0 Å². The van der Waals surface area contributed by atoms with Crippen molar-refractivity contribution in [3.05, 3.63) is 18.2 Å². The SMILES string of the molecule is CC(O)(O)O.CCn1cc[n+](C)c1C. The van der Waals surface area contributed by atoms with Crippen LogP contribution in [0.2, 0.25) is 0 Å². The van der Waals surface area contributed by atoms with Crippen LogP contribution in [0.1, 0.15) is 19.7 Å². The van der Waals surface area contributed by atoms with Crippen molar-refractivity contribution in [2.45, 2.75) is 33.3 Å². The van der Waals surface area contributed by atoms with Crippen molar-refractivity contribution in [3.63, 3.8) is 0 Å². The molecule has 0 aromatic carbocycles. The first kappa shape index (κ1) is 13.1. The molecular weight excluding hydrogens is 184 g/mol. The minimum atomic E-state index is -2.50. The third kappa shape index (κ3) is 5.69. The van der Waals surface area contributed by atoms with Crippen LogP contribution in [0, 0.1) is 6.92 Å². The van der Waals surface area contributed by atoms with E-state index in [0.29, 0.717) is 0 Å². The van der Waals surface area contributed by atoms with Gasteiger partial charge in [-0.25, -0.2) is 9.13 Å². The average Bonchev–Trinajstić information content (AvgIpc) is 2.30. The third-order valence-electron chi connectivity index (χ3n) is 1.74. The van der Waals surface area contributed by atoms with Gasteiger partial charge in [0, 0.05) is 13.8 Å². The van der Waals surface area contributed by atoms with Crippen LogP contribution in [-0.4, -0.2) is 25.9 Å². The Labute approximate surface area is 83.9 Å². The predicted molar refractivity (Wildman–Crippen MR) is 51.1 cm³/mol. The molecule has 14 heavy (non-hydrogen) atoms. The van der Waals surface area contributed by atoms with Gasteiger partial charge in [-0.05, 0) is 6.92 Å². The van der Waals surface area contributed by atoms with E-state index in [2.05, 4.69) is 42.4 Å². The Morgan fingerprint density at radius 3 is 2.00 bits per heavy atom. The highest BCUT2D eigenvalue weighted by molar-refractivity contribution is 4.77. The number of aromatic nitrogens is 2. The number of aryl methyl sites for hydroxylation is 2. The molecule has 0 aliphatic heterocycles. The molecule has 3 N–H and O–H groups in total. The van der Waals surface area contributed by atoms with Gasteiger partial charge in [-0.3, -0.25) is 0 Å². The summed E-state index contributed by atoms with van der Waals surface area (Å²) < 4.78 is 4.32. The summed E-state index contributed by atoms with van der Waals surface area (Å²) in [5.74, 6) is -1.20. The van der Waals surface area contributed by atoms with Crippen molar-refractivity contribution in [3.8, 4) is 0 Å². The van der Waals surface area contributed by atoms with Crippen molar-refractivity contribution in [2.24, 2.45) is 7.05 Å². The van der Waals surface area contributed by atoms with Crippen LogP contribution in [0.5, 0.6) is 0 Å². The molecule has 5 nitrogen and oxygen atoms in total. The zero-order chi connectivity index (χ0) is 11.4. The number of hydrogen-bond donors (Lipinski definition) is 3. The number of imidazole rings is 1. The van der Waals surface area contributed by atoms with Gasteiger partial charge < -0.3 is 15.3 Å². The molecule has 1 rings (SSSR count). The van der Waals surface area contributed by atoms with E-state index in [1.54, 1.807) is 0 Å². The minimum Gasteiger partial charge on any atom is -0.344 e. The van der Waals surface area contributed by atoms with E-state index in [4.69, 9.17) is 15.3 Å². The Morgan fingerprint density at radius 2 is 1.86 bits per heavy atom. The molecule has 1 aromatic heterocycles. The molecule has 1 aromatic rings. The Balaban J connectivity index is 0.000000292. The lowest BCUT2D eigenvalue weighted by Crippen LogP contribution is -2.29. The molecule has 82 valence electrons. The minimum absolute atomic E-state index is 0.854. The van der Waals surface area contributed by atoms with Gasteiger partial charge in [-0.1, -0.05) is 0 Å². The molecule has 0 amide bonds. The van der Waals surface area contributed by atoms with Crippen molar-refractivity contribution in [1.82, 2.24) is 4.57 Å². The van der Waals surface area contributed by atoms with Gasteiger partial charge in [-0.15, -0.1) is 0 Å². The van der Waals surface area contributed by atoms with Gasteiger partial charge in [0.25, 0.3) is 11.8 Å². The standard InChI is InChI=1S/C7H13N2.C2H6O3/c1-4-9-6-5-8(3)7(9)2;1-2(3,4)5/h5-6H,4H2,1-3H3;3-5H,1H3/q+1;. The zero-order valence-corrected chi connectivity index (χ0v) is 9.10. The fourth-order valence-electron chi connectivity index (χ4n) is 0.933. The Hall–Kier alpha value is -0.910. The van der Waals surface area contributed by atoms with E-state index in [1.807, 2.05) is 0 Å². The molecule has 0 spiro atoms. The molecule has 0 atom stereocenters. The van der Waals surface area contributed by atoms with E-state index in [9.17, 15) is 0 Å². The number of hydrogen-bond acceptors (Lipinski definition) is 3. The molecular formula is C9H19N2O3+. The lowest BCUT2D eigenvalue weighted by Gasteiger charge is -2.01. The molecule has 0 bridgehead atoms. The molecule has 0 aliphatic carbocycles. The van der Waals surface area contributed by atoms with Crippen LogP contribution in [0.25, 0.3) is 0 Å². The first-order valence-corrected chi connectivity index (χ1v) is 4.44.